The second-order valence-electron chi connectivity index (χ2n) is 6.40. The van der Waals surface area contributed by atoms with E-state index in [2.05, 4.69) is 34.2 Å². The van der Waals surface area contributed by atoms with E-state index in [0.717, 1.165) is 25.5 Å². The molecule has 0 saturated carbocycles. The first kappa shape index (κ1) is 15.2. The molecule has 0 bridgehead atoms. The van der Waals surface area contributed by atoms with Crippen molar-refractivity contribution in [3.8, 4) is 0 Å². The number of carbonyl (C=O) groups excluding carboxylic acids is 1. The van der Waals surface area contributed by atoms with Crippen LogP contribution in [0.3, 0.4) is 0 Å². The van der Waals surface area contributed by atoms with Crippen molar-refractivity contribution < 1.29 is 9.53 Å². The fraction of sp³-hybridized carbons (Fsp3) is 0.688. The van der Waals surface area contributed by atoms with Crippen LogP contribution >= 0.6 is 0 Å². The zero-order valence-electron chi connectivity index (χ0n) is 13.5. The molecule has 0 amide bonds. The van der Waals surface area contributed by atoms with Crippen molar-refractivity contribution in [2.75, 3.05) is 19.7 Å². The Kier molecular flexibility index (Phi) is 4.29. The van der Waals surface area contributed by atoms with E-state index in [1.807, 2.05) is 18.5 Å². The summed E-state index contributed by atoms with van der Waals surface area (Å²) in [7, 11) is 1.96. The summed E-state index contributed by atoms with van der Waals surface area (Å²) in [4.78, 5) is 14.7. The van der Waals surface area contributed by atoms with Crippen LogP contribution in [0.15, 0.2) is 18.5 Å². The molecule has 0 radical (unpaired) electrons. The highest BCUT2D eigenvalue weighted by molar-refractivity contribution is 5.74. The third kappa shape index (κ3) is 2.79. The SMILES string of the molecule is CCOC(=O)[C@H]1[C@@H]2CN(Cc3nncn3C)C[C@@H]2C=C[C@@H]1C. The normalized spacial score (nSPS) is 31.2. The van der Waals surface area contributed by atoms with Crippen LogP contribution < -0.4 is 0 Å². The van der Waals surface area contributed by atoms with E-state index in [9.17, 15) is 4.79 Å². The van der Waals surface area contributed by atoms with Gasteiger partial charge in [-0.1, -0.05) is 19.1 Å². The van der Waals surface area contributed by atoms with Gasteiger partial charge >= 0.3 is 5.97 Å². The summed E-state index contributed by atoms with van der Waals surface area (Å²) in [6.07, 6.45) is 6.18. The quantitative estimate of drug-likeness (QED) is 0.619. The Morgan fingerprint density at radius 2 is 2.23 bits per heavy atom. The fourth-order valence-electron chi connectivity index (χ4n) is 3.76. The number of allylic oxidation sites excluding steroid dienone is 1. The number of esters is 1. The van der Waals surface area contributed by atoms with Crippen molar-refractivity contribution in [1.29, 1.82) is 0 Å². The van der Waals surface area contributed by atoms with Gasteiger partial charge in [0.15, 0.2) is 0 Å². The lowest BCUT2D eigenvalue weighted by Crippen LogP contribution is -2.37. The molecular formula is C16H24N4O2. The molecule has 1 aliphatic carbocycles. The topological polar surface area (TPSA) is 60.2 Å². The average molecular weight is 304 g/mol. The van der Waals surface area contributed by atoms with Crippen LogP contribution in [0.25, 0.3) is 0 Å². The Morgan fingerprint density at radius 3 is 2.91 bits per heavy atom. The number of aromatic nitrogens is 3. The largest absolute Gasteiger partial charge is 0.466 e. The van der Waals surface area contributed by atoms with Crippen molar-refractivity contribution >= 4 is 5.97 Å². The maximum Gasteiger partial charge on any atom is 0.309 e. The van der Waals surface area contributed by atoms with E-state index in [1.165, 1.54) is 0 Å². The summed E-state index contributed by atoms with van der Waals surface area (Å²) in [6.45, 7) is 7.09. The lowest BCUT2D eigenvalue weighted by Gasteiger charge is -2.32. The number of hydrogen-bond donors (Lipinski definition) is 0. The van der Waals surface area contributed by atoms with Gasteiger partial charge in [0.25, 0.3) is 0 Å². The van der Waals surface area contributed by atoms with Gasteiger partial charge in [-0.2, -0.15) is 0 Å². The number of carbonyl (C=O) groups is 1. The summed E-state index contributed by atoms with van der Waals surface area (Å²) in [6, 6.07) is 0. The number of hydrogen-bond acceptors (Lipinski definition) is 5. The van der Waals surface area contributed by atoms with Crippen LogP contribution in [0, 0.1) is 23.7 Å². The van der Waals surface area contributed by atoms with E-state index in [1.54, 1.807) is 6.33 Å². The molecule has 0 spiro atoms. The molecule has 1 saturated heterocycles. The van der Waals surface area contributed by atoms with Crippen molar-refractivity contribution in [2.45, 2.75) is 20.4 Å². The molecule has 4 atom stereocenters. The predicted octanol–water partition coefficient (Wildman–Crippen LogP) is 1.25. The smallest absolute Gasteiger partial charge is 0.309 e. The van der Waals surface area contributed by atoms with Gasteiger partial charge in [-0.15, -0.1) is 10.2 Å². The first-order valence-electron chi connectivity index (χ1n) is 8.00. The molecule has 0 aromatic carbocycles. The van der Waals surface area contributed by atoms with Gasteiger partial charge in [-0.3, -0.25) is 9.69 Å². The van der Waals surface area contributed by atoms with Gasteiger partial charge in [-0.05, 0) is 24.7 Å². The summed E-state index contributed by atoms with van der Waals surface area (Å²) < 4.78 is 7.25. The lowest BCUT2D eigenvalue weighted by molar-refractivity contribution is -0.152. The van der Waals surface area contributed by atoms with Gasteiger partial charge in [-0.25, -0.2) is 0 Å². The van der Waals surface area contributed by atoms with Gasteiger partial charge < -0.3 is 9.30 Å². The van der Waals surface area contributed by atoms with E-state index in [-0.39, 0.29) is 17.8 Å². The molecule has 1 aromatic rings. The Bertz CT molecular complexity index is 568. The first-order chi connectivity index (χ1) is 10.6. The van der Waals surface area contributed by atoms with Gasteiger partial charge in [0.05, 0.1) is 19.1 Å². The second kappa shape index (κ2) is 6.20. The molecule has 1 aromatic heterocycles. The molecule has 2 heterocycles. The number of nitrogens with zero attached hydrogens (tertiary/aromatic N) is 4. The minimum absolute atomic E-state index is 0.0283. The van der Waals surface area contributed by atoms with E-state index in [4.69, 9.17) is 4.74 Å². The number of likely N-dealkylation sites (tertiary alicyclic amines) is 1. The van der Waals surface area contributed by atoms with Crippen molar-refractivity contribution in [2.24, 2.45) is 30.7 Å². The zero-order valence-corrected chi connectivity index (χ0v) is 13.5. The molecule has 6 nitrogen and oxygen atoms in total. The predicted molar refractivity (Wildman–Crippen MR) is 81.7 cm³/mol. The third-order valence-corrected chi connectivity index (χ3v) is 4.91. The van der Waals surface area contributed by atoms with Crippen LogP contribution in [0.1, 0.15) is 19.7 Å². The molecule has 120 valence electrons. The Hall–Kier alpha value is -1.69. The molecule has 6 heteroatoms. The van der Waals surface area contributed by atoms with E-state index < -0.39 is 0 Å². The molecule has 0 unspecified atom stereocenters. The van der Waals surface area contributed by atoms with Gasteiger partial charge in [0, 0.05) is 20.1 Å². The number of ether oxygens (including phenoxy) is 1. The molecule has 3 rings (SSSR count). The Labute approximate surface area is 131 Å². The first-order valence-corrected chi connectivity index (χ1v) is 8.00. The van der Waals surface area contributed by atoms with Gasteiger partial charge in [0.1, 0.15) is 12.2 Å². The maximum atomic E-state index is 12.3. The molecule has 0 N–H and O–H groups in total. The van der Waals surface area contributed by atoms with Crippen LogP contribution in [0.5, 0.6) is 0 Å². The molecule has 1 fully saturated rings. The van der Waals surface area contributed by atoms with Crippen molar-refractivity contribution in [3.63, 3.8) is 0 Å². The van der Waals surface area contributed by atoms with Crippen LogP contribution in [0.4, 0.5) is 0 Å². The maximum absolute atomic E-state index is 12.3. The van der Waals surface area contributed by atoms with Crippen molar-refractivity contribution in [1.82, 2.24) is 19.7 Å². The number of aryl methyl sites for hydroxylation is 1. The van der Waals surface area contributed by atoms with Crippen LogP contribution in [-0.4, -0.2) is 45.3 Å². The molecule has 2 aliphatic rings. The summed E-state index contributed by atoms with van der Waals surface area (Å²) in [5.41, 5.74) is 0. The van der Waals surface area contributed by atoms with E-state index >= 15 is 0 Å². The highest BCUT2D eigenvalue weighted by Crippen LogP contribution is 2.40. The minimum Gasteiger partial charge on any atom is -0.466 e. The van der Waals surface area contributed by atoms with Crippen molar-refractivity contribution in [3.05, 3.63) is 24.3 Å². The van der Waals surface area contributed by atoms with Crippen LogP contribution in [0.2, 0.25) is 0 Å². The van der Waals surface area contributed by atoms with Crippen LogP contribution in [-0.2, 0) is 23.1 Å². The summed E-state index contributed by atoms with van der Waals surface area (Å²) in [5.74, 6) is 1.90. The Balaban J connectivity index is 1.72. The molecule has 1 aliphatic heterocycles. The Morgan fingerprint density at radius 1 is 1.41 bits per heavy atom. The molecule has 22 heavy (non-hydrogen) atoms. The standard InChI is InChI=1S/C16H24N4O2/c1-4-22-16(21)15-11(2)5-6-12-7-20(8-13(12)15)9-14-18-17-10-19(14)3/h5-6,10-13,15H,4,7-9H2,1-3H3/t11-,12-,13+,15+/m0/s1. The molecular weight excluding hydrogens is 280 g/mol. The number of rotatable bonds is 4. The fourth-order valence-corrected chi connectivity index (χ4v) is 3.76. The minimum atomic E-state index is -0.0464. The lowest BCUT2D eigenvalue weighted by atomic mass is 9.72. The van der Waals surface area contributed by atoms with Gasteiger partial charge in [0.2, 0.25) is 0 Å². The second-order valence-corrected chi connectivity index (χ2v) is 6.40. The summed E-state index contributed by atoms with van der Waals surface area (Å²) in [5, 5.41) is 8.09. The highest BCUT2D eigenvalue weighted by atomic mass is 16.5. The average Bonchev–Trinajstić information content (AvgIpc) is 3.06. The monoisotopic (exact) mass is 304 g/mol. The highest BCUT2D eigenvalue weighted by Gasteiger charge is 2.44. The summed E-state index contributed by atoms with van der Waals surface area (Å²) >= 11 is 0. The number of fused-ring (bicyclic) bond motifs is 1. The van der Waals surface area contributed by atoms with E-state index in [0.29, 0.717) is 18.4 Å². The third-order valence-electron chi connectivity index (χ3n) is 4.91. The zero-order chi connectivity index (χ0) is 15.7.